The molecule has 2 aliphatic heterocycles. The third-order valence-electron chi connectivity index (χ3n) is 4.64. The van der Waals surface area contributed by atoms with Gasteiger partial charge in [-0.15, -0.1) is 0 Å². The summed E-state index contributed by atoms with van der Waals surface area (Å²) in [5.41, 5.74) is -0.339. The molecule has 3 rings (SSSR count). The molecule has 112 valence electrons. The molecule has 1 unspecified atom stereocenters. The number of rotatable bonds is 4. The number of ether oxygens (including phenoxy) is 1. The van der Waals surface area contributed by atoms with Crippen LogP contribution in [0.25, 0.3) is 0 Å². The van der Waals surface area contributed by atoms with Gasteiger partial charge in [-0.1, -0.05) is 5.16 Å². The van der Waals surface area contributed by atoms with Crippen LogP contribution in [-0.4, -0.2) is 29.8 Å². The van der Waals surface area contributed by atoms with E-state index >= 15 is 0 Å². The van der Waals surface area contributed by atoms with E-state index in [0.29, 0.717) is 0 Å². The largest absolute Gasteiger partial charge is 0.367 e. The van der Waals surface area contributed by atoms with Crippen molar-refractivity contribution in [2.45, 2.75) is 57.5 Å². The summed E-state index contributed by atoms with van der Waals surface area (Å²) in [5, 5.41) is 7.55. The van der Waals surface area contributed by atoms with E-state index < -0.39 is 0 Å². The van der Waals surface area contributed by atoms with Crippen LogP contribution in [0.3, 0.4) is 0 Å². The molecule has 0 bridgehead atoms. The predicted molar refractivity (Wildman–Crippen MR) is 75.4 cm³/mol. The molecule has 0 aliphatic carbocycles. The molecule has 0 radical (unpaired) electrons. The van der Waals surface area contributed by atoms with Gasteiger partial charge in [0.15, 0.2) is 0 Å². The fraction of sp³-hybridized carbons (Fsp3) is 0.867. The van der Waals surface area contributed by atoms with Crippen LogP contribution in [-0.2, 0) is 16.8 Å². The Hall–Kier alpha value is -0.940. The van der Waals surface area contributed by atoms with Gasteiger partial charge in [-0.2, -0.15) is 4.98 Å². The van der Waals surface area contributed by atoms with Gasteiger partial charge in [-0.05, 0) is 64.5 Å². The number of hydrogen-bond donors (Lipinski definition) is 1. The number of piperidine rings is 1. The van der Waals surface area contributed by atoms with Crippen molar-refractivity contribution in [3.05, 3.63) is 11.7 Å². The molecule has 20 heavy (non-hydrogen) atoms. The van der Waals surface area contributed by atoms with Gasteiger partial charge in [0, 0.05) is 13.0 Å². The van der Waals surface area contributed by atoms with Crippen molar-refractivity contribution in [3.8, 4) is 0 Å². The van der Waals surface area contributed by atoms with Crippen molar-refractivity contribution in [1.29, 1.82) is 0 Å². The second-order valence-electron chi connectivity index (χ2n) is 6.28. The van der Waals surface area contributed by atoms with Crippen LogP contribution in [0.15, 0.2) is 4.52 Å². The van der Waals surface area contributed by atoms with Crippen molar-refractivity contribution >= 4 is 0 Å². The molecule has 2 fully saturated rings. The molecule has 1 aromatic rings. The number of nitrogens with zero attached hydrogens (tertiary/aromatic N) is 2. The minimum absolute atomic E-state index is 0.339. The summed E-state index contributed by atoms with van der Waals surface area (Å²) in [7, 11) is 0. The average Bonchev–Trinajstić information content (AvgIpc) is 2.97. The SMILES string of the molecule is CC1(c2noc(CCC3CCNCC3)n2)CCCCO1. The Bertz CT molecular complexity index is 421. The van der Waals surface area contributed by atoms with Crippen LogP contribution in [0.4, 0.5) is 0 Å². The van der Waals surface area contributed by atoms with Crippen molar-refractivity contribution in [2.75, 3.05) is 19.7 Å². The van der Waals surface area contributed by atoms with E-state index in [1.54, 1.807) is 0 Å². The summed E-state index contributed by atoms with van der Waals surface area (Å²) < 4.78 is 11.3. The maximum atomic E-state index is 5.87. The number of aromatic nitrogens is 2. The lowest BCUT2D eigenvalue weighted by Gasteiger charge is -2.30. The Labute approximate surface area is 120 Å². The topological polar surface area (TPSA) is 60.2 Å². The molecule has 0 amide bonds. The van der Waals surface area contributed by atoms with E-state index in [0.717, 1.165) is 63.0 Å². The van der Waals surface area contributed by atoms with E-state index in [2.05, 4.69) is 22.4 Å². The van der Waals surface area contributed by atoms with Crippen LogP contribution in [0, 0.1) is 5.92 Å². The van der Waals surface area contributed by atoms with Crippen molar-refractivity contribution in [1.82, 2.24) is 15.5 Å². The van der Waals surface area contributed by atoms with E-state index in [4.69, 9.17) is 9.26 Å². The maximum Gasteiger partial charge on any atom is 0.226 e. The minimum Gasteiger partial charge on any atom is -0.367 e. The molecule has 1 aromatic heterocycles. The monoisotopic (exact) mass is 279 g/mol. The molecule has 3 heterocycles. The van der Waals surface area contributed by atoms with Crippen molar-refractivity contribution < 1.29 is 9.26 Å². The first-order chi connectivity index (χ1) is 9.76. The number of hydrogen-bond acceptors (Lipinski definition) is 5. The van der Waals surface area contributed by atoms with Crippen molar-refractivity contribution in [3.63, 3.8) is 0 Å². The first-order valence-corrected chi connectivity index (χ1v) is 7.94. The Morgan fingerprint density at radius 3 is 2.90 bits per heavy atom. The summed E-state index contributed by atoms with van der Waals surface area (Å²) in [6, 6.07) is 0. The molecule has 2 aliphatic rings. The average molecular weight is 279 g/mol. The smallest absolute Gasteiger partial charge is 0.226 e. The second kappa shape index (κ2) is 6.22. The zero-order valence-corrected chi connectivity index (χ0v) is 12.4. The molecule has 5 nitrogen and oxygen atoms in total. The predicted octanol–water partition coefficient (Wildman–Crippen LogP) is 2.42. The van der Waals surface area contributed by atoms with Gasteiger partial charge in [0.1, 0.15) is 5.60 Å². The quantitative estimate of drug-likeness (QED) is 0.917. The molecule has 0 spiro atoms. The van der Waals surface area contributed by atoms with E-state index in [9.17, 15) is 0 Å². The minimum atomic E-state index is -0.339. The van der Waals surface area contributed by atoms with E-state index in [1.165, 1.54) is 19.3 Å². The highest BCUT2D eigenvalue weighted by molar-refractivity contribution is 5.00. The standard InChI is InChI=1S/C15H25N3O2/c1-15(8-2-3-11-19-15)14-17-13(20-18-14)5-4-12-6-9-16-10-7-12/h12,16H,2-11H2,1H3. The van der Waals surface area contributed by atoms with E-state index in [1.807, 2.05) is 0 Å². The molecular formula is C15H25N3O2. The lowest BCUT2D eigenvalue weighted by atomic mass is 9.93. The van der Waals surface area contributed by atoms with Gasteiger partial charge >= 0.3 is 0 Å². The molecule has 0 aromatic carbocycles. The van der Waals surface area contributed by atoms with Gasteiger partial charge in [-0.25, -0.2) is 0 Å². The normalized spacial score (nSPS) is 28.6. The highest BCUT2D eigenvalue weighted by Gasteiger charge is 2.34. The fourth-order valence-corrected chi connectivity index (χ4v) is 3.18. The summed E-state index contributed by atoms with van der Waals surface area (Å²) in [4.78, 5) is 4.57. The Morgan fingerprint density at radius 1 is 1.30 bits per heavy atom. The van der Waals surface area contributed by atoms with Crippen LogP contribution in [0.5, 0.6) is 0 Å². The zero-order valence-electron chi connectivity index (χ0n) is 12.4. The van der Waals surface area contributed by atoms with Gasteiger partial charge in [0.2, 0.25) is 11.7 Å². The second-order valence-corrected chi connectivity index (χ2v) is 6.28. The van der Waals surface area contributed by atoms with Crippen LogP contribution < -0.4 is 5.32 Å². The maximum absolute atomic E-state index is 5.87. The first kappa shape index (κ1) is 14.0. The van der Waals surface area contributed by atoms with Gasteiger partial charge < -0.3 is 14.6 Å². The van der Waals surface area contributed by atoms with Crippen LogP contribution >= 0.6 is 0 Å². The molecule has 1 atom stereocenters. The Balaban J connectivity index is 1.56. The summed E-state index contributed by atoms with van der Waals surface area (Å²) in [6.07, 6.45) is 7.88. The van der Waals surface area contributed by atoms with Gasteiger partial charge in [0.05, 0.1) is 0 Å². The Morgan fingerprint density at radius 2 is 2.15 bits per heavy atom. The molecule has 2 saturated heterocycles. The Kier molecular flexibility index (Phi) is 4.36. The third kappa shape index (κ3) is 3.20. The highest BCUT2D eigenvalue weighted by Crippen LogP contribution is 2.32. The molecular weight excluding hydrogens is 254 g/mol. The first-order valence-electron chi connectivity index (χ1n) is 7.94. The third-order valence-corrected chi connectivity index (χ3v) is 4.64. The summed E-state index contributed by atoms with van der Waals surface area (Å²) in [6.45, 7) is 5.17. The van der Waals surface area contributed by atoms with E-state index in [-0.39, 0.29) is 5.60 Å². The lowest BCUT2D eigenvalue weighted by molar-refractivity contribution is -0.0770. The zero-order chi connectivity index (χ0) is 13.8. The summed E-state index contributed by atoms with van der Waals surface area (Å²) >= 11 is 0. The fourth-order valence-electron chi connectivity index (χ4n) is 3.18. The highest BCUT2D eigenvalue weighted by atomic mass is 16.5. The van der Waals surface area contributed by atoms with Crippen LogP contribution in [0.1, 0.15) is 57.2 Å². The van der Waals surface area contributed by atoms with Gasteiger partial charge in [0.25, 0.3) is 0 Å². The van der Waals surface area contributed by atoms with Gasteiger partial charge in [-0.3, -0.25) is 0 Å². The number of aryl methyl sites for hydroxylation is 1. The molecule has 1 N–H and O–H groups in total. The molecule has 0 saturated carbocycles. The van der Waals surface area contributed by atoms with Crippen molar-refractivity contribution in [2.24, 2.45) is 5.92 Å². The molecule has 5 heteroatoms. The number of nitrogens with one attached hydrogen (secondary N) is 1. The summed E-state index contributed by atoms with van der Waals surface area (Å²) in [5.74, 6) is 2.31. The van der Waals surface area contributed by atoms with Crippen LogP contribution in [0.2, 0.25) is 0 Å². The lowest BCUT2D eigenvalue weighted by Crippen LogP contribution is -2.31.